The van der Waals surface area contributed by atoms with Crippen molar-refractivity contribution in [3.05, 3.63) is 28.8 Å². The van der Waals surface area contributed by atoms with Gasteiger partial charge in [0.2, 0.25) is 0 Å². The lowest BCUT2D eigenvalue weighted by Crippen LogP contribution is -2.46. The zero-order chi connectivity index (χ0) is 27.8. The summed E-state index contributed by atoms with van der Waals surface area (Å²) in [4.78, 5) is 31.4. The summed E-state index contributed by atoms with van der Waals surface area (Å²) < 4.78 is 13.2. The standard InChI is InChI=1S/C30H43NO6S/c1-7-9-20-27(34)17(2)10-8-13-30(6)25(37-30)15-22(19-11-12-23-21(14-19)31-18(3)38-23)36-26(33)16-24(32)29(4,5)28(20)35/h11-12,14,17,20,22,24-25,27,32,34H,7-10,13,15-16H2,1-6H3/t17-,20+,22-,24-,25-,27-,30+/m0/s1. The van der Waals surface area contributed by atoms with Crippen molar-refractivity contribution >= 4 is 33.3 Å². The van der Waals surface area contributed by atoms with Crippen LogP contribution in [-0.4, -0.2) is 50.9 Å². The fraction of sp³-hybridized carbons (Fsp3) is 0.700. The molecule has 0 bridgehead atoms. The number of thiazole rings is 1. The van der Waals surface area contributed by atoms with E-state index >= 15 is 0 Å². The van der Waals surface area contributed by atoms with Crippen LogP contribution in [0.5, 0.6) is 0 Å². The highest BCUT2D eigenvalue weighted by Crippen LogP contribution is 2.47. The van der Waals surface area contributed by atoms with Gasteiger partial charge in [0, 0.05) is 12.3 Å². The molecule has 8 heteroatoms. The van der Waals surface area contributed by atoms with E-state index in [0.717, 1.165) is 46.5 Å². The Balaban J connectivity index is 1.62. The smallest absolute Gasteiger partial charge is 0.309 e. The van der Waals surface area contributed by atoms with Crippen molar-refractivity contribution in [1.29, 1.82) is 0 Å². The number of aliphatic hydroxyl groups excluding tert-OH is 2. The topological polar surface area (TPSA) is 109 Å². The van der Waals surface area contributed by atoms with Crippen LogP contribution in [0.2, 0.25) is 0 Å². The molecule has 2 saturated heterocycles. The molecule has 38 heavy (non-hydrogen) atoms. The van der Waals surface area contributed by atoms with Crippen LogP contribution in [0.3, 0.4) is 0 Å². The highest BCUT2D eigenvalue weighted by atomic mass is 32.1. The Labute approximate surface area is 229 Å². The molecule has 1 aromatic heterocycles. The number of Topliss-reactive ketones (excluding diaryl/α,β-unsaturated/α-hetero) is 1. The Morgan fingerprint density at radius 3 is 2.63 bits per heavy atom. The van der Waals surface area contributed by atoms with Gasteiger partial charge in [-0.15, -0.1) is 11.3 Å². The van der Waals surface area contributed by atoms with E-state index in [1.165, 1.54) is 0 Å². The van der Waals surface area contributed by atoms with Gasteiger partial charge in [-0.25, -0.2) is 4.98 Å². The summed E-state index contributed by atoms with van der Waals surface area (Å²) >= 11 is 1.62. The normalized spacial score (nSPS) is 35.1. The molecule has 4 rings (SSSR count). The first kappa shape index (κ1) is 29.1. The second-order valence-corrected chi connectivity index (χ2v) is 13.4. The Morgan fingerprint density at radius 1 is 1.18 bits per heavy atom. The van der Waals surface area contributed by atoms with E-state index < -0.39 is 35.6 Å². The second-order valence-electron chi connectivity index (χ2n) is 12.2. The number of epoxide rings is 1. The number of aryl methyl sites for hydroxylation is 1. The first-order valence-corrected chi connectivity index (χ1v) is 14.8. The van der Waals surface area contributed by atoms with Gasteiger partial charge in [-0.3, -0.25) is 9.59 Å². The van der Waals surface area contributed by atoms with Gasteiger partial charge in [-0.1, -0.05) is 46.6 Å². The zero-order valence-corrected chi connectivity index (χ0v) is 24.3. The fourth-order valence-corrected chi connectivity index (χ4v) is 6.69. The lowest BCUT2D eigenvalue weighted by atomic mass is 9.71. The van der Waals surface area contributed by atoms with E-state index in [9.17, 15) is 19.8 Å². The lowest BCUT2D eigenvalue weighted by molar-refractivity contribution is -0.156. The lowest BCUT2D eigenvalue weighted by Gasteiger charge is -2.36. The Morgan fingerprint density at radius 2 is 1.92 bits per heavy atom. The quantitative estimate of drug-likeness (QED) is 0.377. The number of aliphatic hydroxyl groups is 2. The number of carbonyl (C=O) groups is 2. The van der Waals surface area contributed by atoms with Gasteiger partial charge < -0.3 is 19.7 Å². The maximum absolute atomic E-state index is 13.6. The SMILES string of the molecule is CCC[C@H]1C(=O)C(C)(C)[C@@H](O)CC(=O)O[C@H](c2ccc3sc(C)nc3c2)C[C@@H]2O[C@]2(C)CCC[C@H](C)[C@@H]1O. The maximum Gasteiger partial charge on any atom is 0.309 e. The van der Waals surface area contributed by atoms with E-state index in [2.05, 4.69) is 11.9 Å². The molecule has 0 spiro atoms. The first-order chi connectivity index (χ1) is 17.9. The second kappa shape index (κ2) is 11.3. The van der Waals surface area contributed by atoms with Crippen LogP contribution >= 0.6 is 11.3 Å². The maximum atomic E-state index is 13.6. The van der Waals surface area contributed by atoms with Crippen molar-refractivity contribution < 1.29 is 29.3 Å². The summed E-state index contributed by atoms with van der Waals surface area (Å²) in [6.45, 7) is 11.4. The van der Waals surface area contributed by atoms with Gasteiger partial charge in [0.15, 0.2) is 0 Å². The van der Waals surface area contributed by atoms with Crippen molar-refractivity contribution in [1.82, 2.24) is 4.98 Å². The molecular weight excluding hydrogens is 502 g/mol. The van der Waals surface area contributed by atoms with Crippen molar-refractivity contribution in [3.8, 4) is 0 Å². The average molecular weight is 546 g/mol. The van der Waals surface area contributed by atoms with Gasteiger partial charge in [0.1, 0.15) is 11.9 Å². The number of fused-ring (bicyclic) bond motifs is 2. The van der Waals surface area contributed by atoms with Gasteiger partial charge >= 0.3 is 5.97 Å². The number of hydrogen-bond acceptors (Lipinski definition) is 8. The predicted molar refractivity (Wildman–Crippen MR) is 148 cm³/mol. The van der Waals surface area contributed by atoms with Crippen LogP contribution in [-0.2, 0) is 19.1 Å². The minimum atomic E-state index is -1.23. The summed E-state index contributed by atoms with van der Waals surface area (Å²) in [6, 6.07) is 5.95. The fourth-order valence-electron chi connectivity index (χ4n) is 5.89. The third kappa shape index (κ3) is 6.14. The van der Waals surface area contributed by atoms with Crippen molar-refractivity contribution in [2.45, 2.75) is 117 Å². The van der Waals surface area contributed by atoms with E-state index in [-0.39, 0.29) is 29.8 Å². The molecule has 2 aliphatic rings. The molecule has 7 nitrogen and oxygen atoms in total. The van der Waals surface area contributed by atoms with E-state index in [1.807, 2.05) is 39.0 Å². The van der Waals surface area contributed by atoms with Crippen LogP contribution in [0.4, 0.5) is 0 Å². The minimum absolute atomic E-state index is 0.0583. The molecular formula is C30H43NO6S. The number of ether oxygens (including phenoxy) is 2. The van der Waals surface area contributed by atoms with E-state index in [0.29, 0.717) is 12.8 Å². The predicted octanol–water partition coefficient (Wildman–Crippen LogP) is 5.68. The zero-order valence-electron chi connectivity index (χ0n) is 23.5. The summed E-state index contributed by atoms with van der Waals surface area (Å²) in [5.74, 6) is -1.42. The van der Waals surface area contributed by atoms with Crippen LogP contribution in [0.15, 0.2) is 18.2 Å². The number of carbonyl (C=O) groups excluding carboxylic acids is 2. The van der Waals surface area contributed by atoms with Crippen molar-refractivity contribution in [2.24, 2.45) is 17.3 Å². The summed E-state index contributed by atoms with van der Waals surface area (Å²) in [6.07, 6.45) is 1.31. The molecule has 2 aromatic rings. The van der Waals surface area contributed by atoms with Crippen LogP contribution in [0, 0.1) is 24.2 Å². The van der Waals surface area contributed by atoms with Crippen molar-refractivity contribution in [2.75, 3.05) is 0 Å². The van der Waals surface area contributed by atoms with Crippen molar-refractivity contribution in [3.63, 3.8) is 0 Å². The molecule has 0 saturated carbocycles. The number of aromatic nitrogens is 1. The third-order valence-corrected chi connectivity index (χ3v) is 9.67. The number of cyclic esters (lactones) is 1. The van der Waals surface area contributed by atoms with Gasteiger partial charge in [0.25, 0.3) is 0 Å². The molecule has 0 unspecified atom stereocenters. The number of rotatable bonds is 3. The van der Waals surface area contributed by atoms with Crippen LogP contribution < -0.4 is 0 Å². The molecule has 2 aliphatic heterocycles. The molecule has 2 N–H and O–H groups in total. The number of esters is 1. The van der Waals surface area contributed by atoms with Gasteiger partial charge in [0.05, 0.1) is 51.0 Å². The number of benzene rings is 1. The monoisotopic (exact) mass is 545 g/mol. The number of ketones is 1. The molecule has 2 fully saturated rings. The molecule has 3 heterocycles. The van der Waals surface area contributed by atoms with Crippen LogP contribution in [0.1, 0.15) is 96.2 Å². The molecule has 0 aliphatic carbocycles. The Kier molecular flexibility index (Phi) is 8.67. The molecule has 0 radical (unpaired) electrons. The first-order valence-electron chi connectivity index (χ1n) is 14.0. The highest BCUT2D eigenvalue weighted by Gasteiger charge is 2.53. The van der Waals surface area contributed by atoms with Gasteiger partial charge in [-0.2, -0.15) is 0 Å². The number of nitrogens with zero attached hydrogens (tertiary/aromatic N) is 1. The molecule has 1 aromatic carbocycles. The van der Waals surface area contributed by atoms with E-state index in [1.54, 1.807) is 25.2 Å². The van der Waals surface area contributed by atoms with Crippen LogP contribution in [0.25, 0.3) is 10.2 Å². The average Bonchev–Trinajstić information content (AvgIpc) is 3.32. The minimum Gasteiger partial charge on any atom is -0.457 e. The largest absolute Gasteiger partial charge is 0.457 e. The number of hydrogen-bond donors (Lipinski definition) is 2. The summed E-state index contributed by atoms with van der Waals surface area (Å²) in [5, 5.41) is 23.2. The van der Waals surface area contributed by atoms with E-state index in [4.69, 9.17) is 9.47 Å². The Bertz CT molecular complexity index is 1160. The Hall–Kier alpha value is -1.87. The molecule has 210 valence electrons. The highest BCUT2D eigenvalue weighted by molar-refractivity contribution is 7.18. The molecule has 0 amide bonds. The van der Waals surface area contributed by atoms with Gasteiger partial charge in [-0.05, 0) is 56.7 Å². The molecule has 7 atom stereocenters. The summed E-state index contributed by atoms with van der Waals surface area (Å²) in [5.41, 5.74) is 0.198. The third-order valence-electron chi connectivity index (χ3n) is 8.72. The summed E-state index contributed by atoms with van der Waals surface area (Å²) in [7, 11) is 0.